The van der Waals surface area contributed by atoms with Gasteiger partial charge < -0.3 is 18.6 Å². The summed E-state index contributed by atoms with van der Waals surface area (Å²) in [5.41, 5.74) is 0.395. The molecule has 7 heteroatoms. The molecule has 0 saturated carbocycles. The topological polar surface area (TPSA) is 54.0 Å². The second-order valence-corrected chi connectivity index (χ2v) is 12.6. The average molecular weight is 419 g/mol. The van der Waals surface area contributed by atoms with E-state index in [-0.39, 0.29) is 5.04 Å². The number of halogens is 1. The molecule has 0 aromatic heterocycles. The molecular formula is C17H27BrO5Si. The third-order valence-corrected chi connectivity index (χ3v) is 9.38. The Bertz CT molecular complexity index is 581. The fourth-order valence-electron chi connectivity index (χ4n) is 1.75. The maximum absolute atomic E-state index is 11.7. The van der Waals surface area contributed by atoms with Crippen molar-refractivity contribution in [1.82, 2.24) is 0 Å². The molecule has 0 aliphatic heterocycles. The second kappa shape index (κ2) is 8.36. The van der Waals surface area contributed by atoms with Gasteiger partial charge in [0.05, 0.1) is 30.9 Å². The molecule has 5 nitrogen and oxygen atoms in total. The van der Waals surface area contributed by atoms with E-state index in [4.69, 9.17) is 18.6 Å². The first kappa shape index (κ1) is 21.0. The number of hydrogen-bond acceptors (Lipinski definition) is 5. The molecule has 0 radical (unpaired) electrons. The number of benzene rings is 1. The average Bonchev–Trinajstić information content (AvgIpc) is 2.50. The first-order chi connectivity index (χ1) is 11.0. The van der Waals surface area contributed by atoms with Gasteiger partial charge in [0.1, 0.15) is 6.61 Å². The van der Waals surface area contributed by atoms with Crippen molar-refractivity contribution in [2.45, 2.75) is 38.9 Å². The van der Waals surface area contributed by atoms with Crippen LogP contribution in [0.5, 0.6) is 11.5 Å². The largest absolute Gasteiger partial charge is 0.493 e. The van der Waals surface area contributed by atoms with Gasteiger partial charge in [-0.25, -0.2) is 4.79 Å². The monoisotopic (exact) mass is 418 g/mol. The van der Waals surface area contributed by atoms with E-state index in [1.54, 1.807) is 12.1 Å². The van der Waals surface area contributed by atoms with E-state index >= 15 is 0 Å². The third kappa shape index (κ3) is 5.22. The van der Waals surface area contributed by atoms with E-state index in [1.807, 2.05) is 0 Å². The lowest BCUT2D eigenvalue weighted by atomic mass is 10.2. The molecule has 0 aliphatic carbocycles. The van der Waals surface area contributed by atoms with Crippen molar-refractivity contribution in [3.63, 3.8) is 0 Å². The minimum absolute atomic E-state index is 0.160. The lowest BCUT2D eigenvalue weighted by Gasteiger charge is -2.36. The van der Waals surface area contributed by atoms with Crippen LogP contribution in [0.3, 0.4) is 0 Å². The standard InChI is InChI=1S/C17H27BrO5Si/c1-17(2,3)24(6,7)23-9-8-22-15-13(18)10-12(16(19)21-5)11-14(15)20-4/h10-11H,8-9H2,1-7H3. The Kier molecular flexibility index (Phi) is 7.31. The molecule has 0 spiro atoms. The predicted molar refractivity (Wildman–Crippen MR) is 101 cm³/mol. The smallest absolute Gasteiger partial charge is 0.338 e. The van der Waals surface area contributed by atoms with Crippen LogP contribution in [0.25, 0.3) is 0 Å². The Hall–Kier alpha value is -1.05. The molecule has 136 valence electrons. The van der Waals surface area contributed by atoms with Crippen molar-refractivity contribution >= 4 is 30.2 Å². The fraction of sp³-hybridized carbons (Fsp3) is 0.588. The molecule has 0 fully saturated rings. The van der Waals surface area contributed by atoms with E-state index < -0.39 is 14.3 Å². The van der Waals surface area contributed by atoms with Crippen molar-refractivity contribution in [2.24, 2.45) is 0 Å². The molecule has 0 aliphatic rings. The Morgan fingerprint density at radius 1 is 1.17 bits per heavy atom. The van der Waals surface area contributed by atoms with Crippen molar-refractivity contribution in [1.29, 1.82) is 0 Å². The maximum Gasteiger partial charge on any atom is 0.338 e. The van der Waals surface area contributed by atoms with Crippen LogP contribution in [0.15, 0.2) is 16.6 Å². The first-order valence-corrected chi connectivity index (χ1v) is 11.5. The summed E-state index contributed by atoms with van der Waals surface area (Å²) in [6.07, 6.45) is 0. The second-order valence-electron chi connectivity index (χ2n) is 6.94. The summed E-state index contributed by atoms with van der Waals surface area (Å²) in [5, 5.41) is 0.160. The highest BCUT2D eigenvalue weighted by Crippen LogP contribution is 2.38. The zero-order valence-corrected chi connectivity index (χ0v) is 18.1. The van der Waals surface area contributed by atoms with E-state index in [1.165, 1.54) is 14.2 Å². The fourth-order valence-corrected chi connectivity index (χ4v) is 3.34. The number of carbonyl (C=O) groups excluding carboxylic acids is 1. The van der Waals surface area contributed by atoms with Gasteiger partial charge in [-0.1, -0.05) is 20.8 Å². The van der Waals surface area contributed by atoms with Crippen molar-refractivity contribution in [3.05, 3.63) is 22.2 Å². The summed E-state index contributed by atoms with van der Waals surface area (Å²) >= 11 is 3.41. The molecule has 0 unspecified atom stereocenters. The van der Waals surface area contributed by atoms with Crippen LogP contribution in [0.1, 0.15) is 31.1 Å². The van der Waals surface area contributed by atoms with Gasteiger partial charge in [-0.15, -0.1) is 0 Å². The molecule has 0 saturated heterocycles. The Morgan fingerprint density at radius 2 is 1.79 bits per heavy atom. The van der Waals surface area contributed by atoms with Crippen LogP contribution >= 0.6 is 15.9 Å². The van der Waals surface area contributed by atoms with Crippen LogP contribution in [-0.4, -0.2) is 41.7 Å². The Balaban J connectivity index is 2.77. The van der Waals surface area contributed by atoms with Crippen molar-refractivity contribution < 1.29 is 23.4 Å². The molecule has 0 amide bonds. The summed E-state index contributed by atoms with van der Waals surface area (Å²) in [7, 11) is 1.08. The first-order valence-electron chi connectivity index (χ1n) is 7.76. The van der Waals surface area contributed by atoms with Crippen LogP contribution in [0.2, 0.25) is 18.1 Å². The zero-order valence-electron chi connectivity index (χ0n) is 15.5. The quantitative estimate of drug-likeness (QED) is 0.366. The molecule has 0 N–H and O–H groups in total. The molecule has 24 heavy (non-hydrogen) atoms. The molecule has 1 aromatic rings. The summed E-state index contributed by atoms with van der Waals surface area (Å²) < 4.78 is 22.6. The minimum atomic E-state index is -1.79. The van der Waals surface area contributed by atoms with E-state index in [0.717, 1.165) is 0 Å². The van der Waals surface area contributed by atoms with Gasteiger partial charge in [0.25, 0.3) is 0 Å². The van der Waals surface area contributed by atoms with Crippen LogP contribution < -0.4 is 9.47 Å². The van der Waals surface area contributed by atoms with Gasteiger partial charge in [-0.05, 0) is 46.2 Å². The molecule has 0 atom stereocenters. The van der Waals surface area contributed by atoms with Crippen molar-refractivity contribution in [2.75, 3.05) is 27.4 Å². The van der Waals surface area contributed by atoms with Crippen LogP contribution in [0, 0.1) is 0 Å². The van der Waals surface area contributed by atoms with E-state index in [2.05, 4.69) is 49.8 Å². The molecule has 0 bridgehead atoms. The van der Waals surface area contributed by atoms with Gasteiger partial charge in [-0.3, -0.25) is 0 Å². The normalized spacial score (nSPS) is 12.0. The highest BCUT2D eigenvalue weighted by Gasteiger charge is 2.36. The van der Waals surface area contributed by atoms with Crippen LogP contribution in [-0.2, 0) is 9.16 Å². The molecular weight excluding hydrogens is 392 g/mol. The minimum Gasteiger partial charge on any atom is -0.493 e. The van der Waals surface area contributed by atoms with Crippen LogP contribution in [0.4, 0.5) is 0 Å². The number of esters is 1. The Morgan fingerprint density at radius 3 is 2.29 bits per heavy atom. The summed E-state index contributed by atoms with van der Waals surface area (Å²) in [6.45, 7) is 11.9. The summed E-state index contributed by atoms with van der Waals surface area (Å²) in [6, 6.07) is 3.25. The number of carbonyl (C=O) groups is 1. The highest BCUT2D eigenvalue weighted by molar-refractivity contribution is 9.10. The highest BCUT2D eigenvalue weighted by atomic mass is 79.9. The summed E-state index contributed by atoms with van der Waals surface area (Å²) in [4.78, 5) is 11.7. The van der Waals surface area contributed by atoms with Gasteiger partial charge in [-0.2, -0.15) is 0 Å². The molecule has 1 rings (SSSR count). The van der Waals surface area contributed by atoms with E-state index in [0.29, 0.717) is 34.7 Å². The Labute approximate surface area is 153 Å². The van der Waals surface area contributed by atoms with Gasteiger partial charge in [0.2, 0.25) is 0 Å². The van der Waals surface area contributed by atoms with Gasteiger partial charge in [0.15, 0.2) is 19.8 Å². The molecule has 1 aromatic carbocycles. The molecule has 0 heterocycles. The number of methoxy groups -OCH3 is 2. The van der Waals surface area contributed by atoms with E-state index in [9.17, 15) is 4.79 Å². The summed E-state index contributed by atoms with van der Waals surface area (Å²) in [5.74, 6) is 0.586. The lowest BCUT2D eigenvalue weighted by Crippen LogP contribution is -2.41. The number of ether oxygens (including phenoxy) is 3. The van der Waals surface area contributed by atoms with Gasteiger partial charge in [0, 0.05) is 0 Å². The number of hydrogen-bond donors (Lipinski definition) is 0. The van der Waals surface area contributed by atoms with Gasteiger partial charge >= 0.3 is 5.97 Å². The van der Waals surface area contributed by atoms with Crippen molar-refractivity contribution in [3.8, 4) is 11.5 Å². The predicted octanol–water partition coefficient (Wildman–Crippen LogP) is 4.64. The SMILES string of the molecule is COC(=O)c1cc(Br)c(OCCO[Si](C)(C)C(C)(C)C)c(OC)c1. The number of rotatable bonds is 7. The maximum atomic E-state index is 11.7. The third-order valence-electron chi connectivity index (χ3n) is 4.25. The zero-order chi connectivity index (χ0) is 18.5. The lowest BCUT2D eigenvalue weighted by molar-refractivity contribution is 0.0600.